The molecule has 0 heterocycles. The van der Waals surface area contributed by atoms with Gasteiger partial charge in [0.25, 0.3) is 5.91 Å². The third-order valence-electron chi connectivity index (χ3n) is 4.99. The van der Waals surface area contributed by atoms with Crippen molar-refractivity contribution in [2.75, 3.05) is 10.6 Å². The summed E-state index contributed by atoms with van der Waals surface area (Å²) in [4.78, 5) is 26.6. The molecule has 0 aliphatic carbocycles. The molecule has 8 heteroatoms. The van der Waals surface area contributed by atoms with Crippen molar-refractivity contribution in [3.63, 3.8) is 0 Å². The van der Waals surface area contributed by atoms with E-state index < -0.39 is 5.25 Å². The summed E-state index contributed by atoms with van der Waals surface area (Å²) in [6.45, 7) is 0. The highest BCUT2D eigenvalue weighted by Crippen LogP contribution is 2.37. The number of carbonyl (C=O) groups is 2. The predicted octanol–water partition coefficient (Wildman–Crippen LogP) is 8.37. The van der Waals surface area contributed by atoms with Gasteiger partial charge in [-0.25, -0.2) is 0 Å². The fourth-order valence-corrected chi connectivity index (χ4v) is 4.91. The van der Waals surface area contributed by atoms with Gasteiger partial charge >= 0.3 is 0 Å². The minimum atomic E-state index is -0.486. The Morgan fingerprint density at radius 3 is 1.94 bits per heavy atom. The maximum absolute atomic E-state index is 13.2. The van der Waals surface area contributed by atoms with Gasteiger partial charge in [0.05, 0.1) is 10.6 Å². The van der Waals surface area contributed by atoms with Gasteiger partial charge in [0.2, 0.25) is 5.91 Å². The fraction of sp³-hybridized carbons (Fsp3) is 0.0370. The number of rotatable bonds is 7. The van der Waals surface area contributed by atoms with Crippen molar-refractivity contribution in [1.82, 2.24) is 0 Å². The molecule has 0 radical (unpaired) electrons. The lowest BCUT2D eigenvalue weighted by Crippen LogP contribution is -2.19. The van der Waals surface area contributed by atoms with Crippen LogP contribution < -0.4 is 10.6 Å². The fourth-order valence-electron chi connectivity index (χ4n) is 3.27. The third-order valence-corrected chi connectivity index (χ3v) is 7.06. The zero-order chi connectivity index (χ0) is 24.8. The lowest BCUT2D eigenvalue weighted by molar-refractivity contribution is -0.115. The van der Waals surface area contributed by atoms with E-state index in [1.165, 1.54) is 17.8 Å². The number of benzene rings is 4. The molecule has 2 amide bonds. The smallest absolute Gasteiger partial charge is 0.257 e. The number of nitrogens with one attached hydrogen (secondary N) is 2. The first kappa shape index (κ1) is 25.1. The first-order valence-electron chi connectivity index (χ1n) is 10.5. The van der Waals surface area contributed by atoms with Crippen molar-refractivity contribution < 1.29 is 9.59 Å². The Morgan fingerprint density at radius 2 is 1.29 bits per heavy atom. The van der Waals surface area contributed by atoms with Gasteiger partial charge in [0.1, 0.15) is 5.25 Å². The molecule has 1 unspecified atom stereocenters. The van der Waals surface area contributed by atoms with Crippen LogP contribution >= 0.6 is 46.6 Å². The normalized spacial score (nSPS) is 11.5. The summed E-state index contributed by atoms with van der Waals surface area (Å²) in [5.74, 6) is -0.491. The number of hydrogen-bond donors (Lipinski definition) is 2. The highest BCUT2D eigenvalue weighted by atomic mass is 35.5. The van der Waals surface area contributed by atoms with Crippen LogP contribution in [-0.2, 0) is 4.79 Å². The van der Waals surface area contributed by atoms with E-state index in [1.54, 1.807) is 48.5 Å². The van der Waals surface area contributed by atoms with Crippen LogP contribution in [0, 0.1) is 0 Å². The van der Waals surface area contributed by atoms with Gasteiger partial charge in [-0.2, -0.15) is 0 Å². The monoisotopic (exact) mass is 540 g/mol. The summed E-state index contributed by atoms with van der Waals surface area (Å²) in [6, 6.07) is 28.5. The molecule has 4 rings (SSSR count). The molecule has 2 N–H and O–H groups in total. The summed E-state index contributed by atoms with van der Waals surface area (Å²) >= 11 is 19.4. The predicted molar refractivity (Wildman–Crippen MR) is 146 cm³/mol. The molecule has 4 aromatic rings. The van der Waals surface area contributed by atoms with Crippen LogP contribution in [0.1, 0.15) is 21.2 Å². The molecule has 4 aromatic carbocycles. The van der Waals surface area contributed by atoms with Gasteiger partial charge < -0.3 is 10.6 Å². The first-order chi connectivity index (χ1) is 16.9. The Hall–Kier alpha value is -2.96. The molecular weight excluding hydrogens is 523 g/mol. The molecule has 0 fully saturated rings. The van der Waals surface area contributed by atoms with E-state index in [4.69, 9.17) is 34.8 Å². The maximum Gasteiger partial charge on any atom is 0.257 e. The minimum Gasteiger partial charge on any atom is -0.325 e. The summed E-state index contributed by atoms with van der Waals surface area (Å²) in [7, 11) is 0. The third kappa shape index (κ3) is 6.80. The summed E-state index contributed by atoms with van der Waals surface area (Å²) < 4.78 is 0. The Kier molecular flexibility index (Phi) is 8.37. The van der Waals surface area contributed by atoms with Crippen molar-refractivity contribution in [1.29, 1.82) is 0 Å². The molecule has 0 aliphatic heterocycles. The van der Waals surface area contributed by atoms with Gasteiger partial charge in [-0.3, -0.25) is 9.59 Å². The second kappa shape index (κ2) is 11.6. The van der Waals surface area contributed by atoms with Gasteiger partial charge in [0.15, 0.2) is 0 Å². The molecule has 176 valence electrons. The number of amides is 2. The topological polar surface area (TPSA) is 58.2 Å². The van der Waals surface area contributed by atoms with E-state index >= 15 is 0 Å². The van der Waals surface area contributed by atoms with Crippen molar-refractivity contribution in [3.05, 3.63) is 123 Å². The molecule has 0 aromatic heterocycles. The Labute approximate surface area is 222 Å². The zero-order valence-corrected chi connectivity index (χ0v) is 21.3. The van der Waals surface area contributed by atoms with Crippen molar-refractivity contribution in [3.8, 4) is 0 Å². The first-order valence-corrected chi connectivity index (χ1v) is 12.5. The lowest BCUT2D eigenvalue weighted by atomic mass is 10.1. The zero-order valence-electron chi connectivity index (χ0n) is 18.2. The Balaban J connectivity index is 1.48. The molecule has 1 atom stereocenters. The van der Waals surface area contributed by atoms with Gasteiger partial charge in [0, 0.05) is 26.3 Å². The van der Waals surface area contributed by atoms with Crippen LogP contribution in [0.5, 0.6) is 0 Å². The minimum absolute atomic E-state index is 0.154. The average molecular weight is 542 g/mol. The number of thioether (sulfide) groups is 1. The largest absolute Gasteiger partial charge is 0.325 e. The summed E-state index contributed by atoms with van der Waals surface area (Å²) in [6.07, 6.45) is 0. The summed E-state index contributed by atoms with van der Waals surface area (Å²) in [5.41, 5.74) is 2.48. The van der Waals surface area contributed by atoms with Crippen LogP contribution in [-0.4, -0.2) is 11.8 Å². The van der Waals surface area contributed by atoms with Crippen LogP contribution in [0.4, 0.5) is 11.4 Å². The molecule has 0 spiro atoms. The second-order valence-corrected chi connectivity index (χ2v) is 9.97. The van der Waals surface area contributed by atoms with Crippen LogP contribution in [0.25, 0.3) is 0 Å². The Bertz CT molecular complexity index is 1330. The Morgan fingerprint density at radius 1 is 0.686 bits per heavy atom. The van der Waals surface area contributed by atoms with E-state index in [0.29, 0.717) is 27.0 Å². The van der Waals surface area contributed by atoms with E-state index in [0.717, 1.165) is 10.5 Å². The molecule has 0 bridgehead atoms. The van der Waals surface area contributed by atoms with E-state index in [1.807, 2.05) is 42.5 Å². The molecule has 0 saturated carbocycles. The van der Waals surface area contributed by atoms with Crippen molar-refractivity contribution >= 4 is 69.8 Å². The lowest BCUT2D eigenvalue weighted by Gasteiger charge is -2.17. The van der Waals surface area contributed by atoms with E-state index in [2.05, 4.69) is 10.6 Å². The highest BCUT2D eigenvalue weighted by Gasteiger charge is 2.22. The highest BCUT2D eigenvalue weighted by molar-refractivity contribution is 8.00. The quantitative estimate of drug-likeness (QED) is 0.231. The number of halogens is 3. The van der Waals surface area contributed by atoms with Crippen molar-refractivity contribution in [2.45, 2.75) is 10.1 Å². The molecule has 0 saturated heterocycles. The van der Waals surface area contributed by atoms with Gasteiger partial charge in [-0.05, 0) is 72.3 Å². The standard InChI is InChI=1S/C27H19Cl3N2O2S/c28-18-6-9-20(10-7-18)32-27(34)25(17-4-2-1-3-5-17)35-22-13-11-21(12-14-22)31-26(33)23-15-8-19(29)16-24(23)30/h1-16,25H,(H,31,33)(H,32,34). The maximum atomic E-state index is 13.2. The van der Waals surface area contributed by atoms with Gasteiger partial charge in [-0.15, -0.1) is 11.8 Å². The molecule has 35 heavy (non-hydrogen) atoms. The molecule has 0 aliphatic rings. The SMILES string of the molecule is O=C(Nc1ccc(SC(C(=O)Nc2ccc(Cl)cc2)c2ccccc2)cc1)c1ccc(Cl)cc1Cl. The van der Waals surface area contributed by atoms with Crippen LogP contribution in [0.2, 0.25) is 15.1 Å². The van der Waals surface area contributed by atoms with E-state index in [-0.39, 0.29) is 16.8 Å². The average Bonchev–Trinajstić information content (AvgIpc) is 2.85. The number of hydrogen-bond acceptors (Lipinski definition) is 3. The molecule has 4 nitrogen and oxygen atoms in total. The van der Waals surface area contributed by atoms with Gasteiger partial charge in [-0.1, -0.05) is 65.1 Å². The van der Waals surface area contributed by atoms with Crippen LogP contribution in [0.3, 0.4) is 0 Å². The molecular formula is C27H19Cl3N2O2S. The van der Waals surface area contributed by atoms with E-state index in [9.17, 15) is 9.59 Å². The second-order valence-electron chi connectivity index (χ2n) is 7.51. The number of anilines is 2. The van der Waals surface area contributed by atoms with Crippen LogP contribution in [0.15, 0.2) is 102 Å². The van der Waals surface area contributed by atoms with Crippen molar-refractivity contribution in [2.24, 2.45) is 0 Å². The summed E-state index contributed by atoms with van der Waals surface area (Å²) in [5, 5.41) is 6.63. The number of carbonyl (C=O) groups excluding carboxylic acids is 2.